The molecule has 4 nitrogen and oxygen atoms in total. The molecular formula is C19H26ClN3OS. The zero-order chi connectivity index (χ0) is 16.8. The first-order valence-corrected chi connectivity index (χ1v) is 9.63. The summed E-state index contributed by atoms with van der Waals surface area (Å²) >= 11 is 1.52. The van der Waals surface area contributed by atoms with Crippen LogP contribution in [-0.4, -0.2) is 23.5 Å². The monoisotopic (exact) mass is 379 g/mol. The maximum atomic E-state index is 12.5. The van der Waals surface area contributed by atoms with Gasteiger partial charge in [-0.15, -0.1) is 23.7 Å². The number of amides is 1. The second kappa shape index (κ2) is 9.90. The van der Waals surface area contributed by atoms with Gasteiger partial charge in [0.15, 0.2) is 0 Å². The molecule has 0 aliphatic heterocycles. The van der Waals surface area contributed by atoms with Gasteiger partial charge < -0.3 is 11.1 Å². The topological polar surface area (TPSA) is 68.0 Å². The van der Waals surface area contributed by atoms with E-state index in [1.54, 1.807) is 0 Å². The second-order valence-electron chi connectivity index (χ2n) is 6.48. The quantitative estimate of drug-likeness (QED) is 0.805. The summed E-state index contributed by atoms with van der Waals surface area (Å²) in [5.41, 5.74) is 7.44. The first-order valence-electron chi connectivity index (χ1n) is 8.75. The van der Waals surface area contributed by atoms with E-state index >= 15 is 0 Å². The maximum Gasteiger partial charge on any atom is 0.270 e. The molecule has 136 valence electrons. The van der Waals surface area contributed by atoms with Gasteiger partial charge in [0.05, 0.1) is 5.01 Å². The van der Waals surface area contributed by atoms with Gasteiger partial charge in [-0.1, -0.05) is 43.2 Å². The summed E-state index contributed by atoms with van der Waals surface area (Å²) in [6, 6.07) is 10.8. The molecule has 3 N–H and O–H groups in total. The van der Waals surface area contributed by atoms with Gasteiger partial charge in [-0.05, 0) is 37.3 Å². The lowest BCUT2D eigenvalue weighted by molar-refractivity contribution is 0.0901. The Balaban J connectivity index is 0.00000225. The van der Waals surface area contributed by atoms with Crippen molar-refractivity contribution in [2.45, 2.75) is 44.6 Å². The van der Waals surface area contributed by atoms with E-state index in [1.165, 1.54) is 36.2 Å². The number of rotatable bonds is 6. The molecule has 0 saturated heterocycles. The van der Waals surface area contributed by atoms with Crippen LogP contribution >= 0.6 is 23.7 Å². The van der Waals surface area contributed by atoms with Crippen LogP contribution in [0.3, 0.4) is 0 Å². The molecule has 25 heavy (non-hydrogen) atoms. The summed E-state index contributed by atoms with van der Waals surface area (Å²) in [5.74, 6) is 0.465. The molecule has 1 aromatic heterocycles. The number of hydrogen-bond acceptors (Lipinski definition) is 4. The standard InChI is InChI=1S/C19H25N3OS.ClH/c20-11-10-18-21-17(13-24-18)19(23)22-16-9-5-4-8-15(16)12-14-6-2-1-3-7-14;/h1-3,6-7,13,15-16H,4-5,8-12,20H2,(H,22,23);1H. The van der Waals surface area contributed by atoms with Gasteiger partial charge in [0, 0.05) is 17.8 Å². The molecule has 0 bridgehead atoms. The summed E-state index contributed by atoms with van der Waals surface area (Å²) < 4.78 is 0. The van der Waals surface area contributed by atoms with E-state index in [-0.39, 0.29) is 24.4 Å². The number of hydrogen-bond donors (Lipinski definition) is 2. The molecule has 0 radical (unpaired) electrons. The van der Waals surface area contributed by atoms with Crippen LogP contribution in [0.2, 0.25) is 0 Å². The van der Waals surface area contributed by atoms with Crippen LogP contribution in [0.4, 0.5) is 0 Å². The van der Waals surface area contributed by atoms with Crippen molar-refractivity contribution in [3.05, 3.63) is 52.0 Å². The number of aromatic nitrogens is 1. The normalized spacial score (nSPS) is 19.9. The number of nitrogens with two attached hydrogens (primary N) is 1. The molecule has 1 amide bonds. The molecule has 1 heterocycles. The zero-order valence-electron chi connectivity index (χ0n) is 14.3. The lowest BCUT2D eigenvalue weighted by Gasteiger charge is -2.32. The van der Waals surface area contributed by atoms with Crippen LogP contribution in [0, 0.1) is 5.92 Å². The van der Waals surface area contributed by atoms with Crippen LogP contribution in [0.5, 0.6) is 0 Å². The van der Waals surface area contributed by atoms with Crippen LogP contribution in [0.25, 0.3) is 0 Å². The van der Waals surface area contributed by atoms with Gasteiger partial charge in [0.2, 0.25) is 0 Å². The van der Waals surface area contributed by atoms with Crippen molar-refractivity contribution < 1.29 is 4.79 Å². The third kappa shape index (κ3) is 5.53. The maximum absolute atomic E-state index is 12.5. The number of halogens is 1. The molecule has 3 rings (SSSR count). The van der Waals surface area contributed by atoms with E-state index in [1.807, 2.05) is 11.4 Å². The number of thiazole rings is 1. The molecular weight excluding hydrogens is 354 g/mol. The molecule has 1 aliphatic carbocycles. The van der Waals surface area contributed by atoms with Gasteiger partial charge >= 0.3 is 0 Å². The van der Waals surface area contributed by atoms with Gasteiger partial charge in [-0.3, -0.25) is 4.79 Å². The Kier molecular flexibility index (Phi) is 7.88. The fourth-order valence-electron chi connectivity index (χ4n) is 3.45. The Morgan fingerprint density at radius 2 is 2.00 bits per heavy atom. The third-order valence-electron chi connectivity index (χ3n) is 4.71. The highest BCUT2D eigenvalue weighted by Gasteiger charge is 2.27. The van der Waals surface area contributed by atoms with Gasteiger partial charge in [-0.25, -0.2) is 4.98 Å². The largest absolute Gasteiger partial charge is 0.348 e. The SMILES string of the molecule is Cl.NCCc1nc(C(=O)NC2CCCCC2Cc2ccccc2)cs1. The van der Waals surface area contributed by atoms with Crippen molar-refractivity contribution >= 4 is 29.7 Å². The molecule has 1 aliphatic rings. The fraction of sp³-hybridized carbons (Fsp3) is 0.474. The highest BCUT2D eigenvalue weighted by molar-refractivity contribution is 7.09. The Hall–Kier alpha value is -1.43. The van der Waals surface area contributed by atoms with Gasteiger partial charge in [-0.2, -0.15) is 0 Å². The number of nitrogens with zero attached hydrogens (tertiary/aromatic N) is 1. The van der Waals surface area contributed by atoms with Crippen LogP contribution in [-0.2, 0) is 12.8 Å². The number of benzene rings is 1. The number of carbonyl (C=O) groups is 1. The number of carbonyl (C=O) groups excluding carboxylic acids is 1. The van der Waals surface area contributed by atoms with Crippen molar-refractivity contribution in [3.63, 3.8) is 0 Å². The van der Waals surface area contributed by atoms with Crippen LogP contribution < -0.4 is 11.1 Å². The van der Waals surface area contributed by atoms with Crippen molar-refractivity contribution in [3.8, 4) is 0 Å². The van der Waals surface area contributed by atoms with E-state index in [0.717, 1.165) is 24.3 Å². The van der Waals surface area contributed by atoms with Crippen molar-refractivity contribution in [2.24, 2.45) is 11.7 Å². The fourth-order valence-corrected chi connectivity index (χ4v) is 4.25. The van der Waals surface area contributed by atoms with E-state index in [0.29, 0.717) is 18.2 Å². The van der Waals surface area contributed by atoms with Gasteiger partial charge in [0.25, 0.3) is 5.91 Å². The summed E-state index contributed by atoms with van der Waals surface area (Å²) in [6.45, 7) is 0.566. The molecule has 1 fully saturated rings. The first-order chi connectivity index (χ1) is 11.8. The molecule has 2 atom stereocenters. The van der Waals surface area contributed by atoms with Crippen molar-refractivity contribution in [2.75, 3.05) is 6.54 Å². The van der Waals surface area contributed by atoms with Crippen LogP contribution in [0.1, 0.15) is 46.7 Å². The average molecular weight is 380 g/mol. The molecule has 2 unspecified atom stereocenters. The highest BCUT2D eigenvalue weighted by Crippen LogP contribution is 2.28. The first kappa shape index (κ1) is 19.9. The van der Waals surface area contributed by atoms with E-state index in [9.17, 15) is 4.79 Å². The van der Waals surface area contributed by atoms with Crippen molar-refractivity contribution in [1.82, 2.24) is 10.3 Å². The van der Waals surface area contributed by atoms with E-state index in [4.69, 9.17) is 5.73 Å². The summed E-state index contributed by atoms with van der Waals surface area (Å²) in [7, 11) is 0. The van der Waals surface area contributed by atoms with E-state index in [2.05, 4.69) is 34.6 Å². The predicted octanol–water partition coefficient (Wildman–Crippen LogP) is 3.60. The molecule has 0 spiro atoms. The van der Waals surface area contributed by atoms with Crippen molar-refractivity contribution in [1.29, 1.82) is 0 Å². The highest BCUT2D eigenvalue weighted by atomic mass is 35.5. The Labute approximate surface area is 159 Å². The number of nitrogens with one attached hydrogen (secondary N) is 1. The average Bonchev–Trinajstić information content (AvgIpc) is 3.07. The summed E-state index contributed by atoms with van der Waals surface area (Å²) in [6.07, 6.45) is 6.44. The Morgan fingerprint density at radius 1 is 1.24 bits per heavy atom. The van der Waals surface area contributed by atoms with Crippen LogP contribution in [0.15, 0.2) is 35.7 Å². The Bertz CT molecular complexity index is 662. The second-order valence-corrected chi connectivity index (χ2v) is 7.42. The summed E-state index contributed by atoms with van der Waals surface area (Å²) in [4.78, 5) is 16.9. The Morgan fingerprint density at radius 3 is 2.76 bits per heavy atom. The molecule has 6 heteroatoms. The zero-order valence-corrected chi connectivity index (χ0v) is 16.0. The van der Waals surface area contributed by atoms with E-state index < -0.39 is 0 Å². The lowest BCUT2D eigenvalue weighted by atomic mass is 9.80. The predicted molar refractivity (Wildman–Crippen MR) is 105 cm³/mol. The minimum Gasteiger partial charge on any atom is -0.348 e. The molecule has 1 saturated carbocycles. The minimum atomic E-state index is -0.0421. The smallest absolute Gasteiger partial charge is 0.270 e. The molecule has 2 aromatic rings. The van der Waals surface area contributed by atoms with Gasteiger partial charge in [0.1, 0.15) is 5.69 Å². The minimum absolute atomic E-state index is 0. The third-order valence-corrected chi connectivity index (χ3v) is 5.62. The molecule has 1 aromatic carbocycles. The lowest BCUT2D eigenvalue weighted by Crippen LogP contribution is -2.43. The summed E-state index contributed by atoms with van der Waals surface area (Å²) in [5, 5.41) is 6.01.